The number of hydrogen-bond donors (Lipinski definition) is 3. The summed E-state index contributed by atoms with van der Waals surface area (Å²) in [7, 11) is 1.84. The van der Waals surface area contributed by atoms with E-state index in [4.69, 9.17) is 4.98 Å². The second-order valence-electron chi connectivity index (χ2n) is 10.5. The SMILES string of the molecule is Cn1cc(-c2cccc(C(=O)NC(CCN3CCC(CCc4ccc5c(n4)NCCC5)C3)C(=O)O)c2)cn1. The number of aromatic nitrogens is 3. The van der Waals surface area contributed by atoms with E-state index in [-0.39, 0.29) is 5.91 Å². The summed E-state index contributed by atoms with van der Waals surface area (Å²) >= 11 is 0. The number of pyridine rings is 1. The van der Waals surface area contributed by atoms with Gasteiger partial charge in [-0.1, -0.05) is 18.2 Å². The van der Waals surface area contributed by atoms with Gasteiger partial charge in [0.05, 0.1) is 6.20 Å². The number of rotatable bonds is 10. The van der Waals surface area contributed by atoms with Gasteiger partial charge in [-0.05, 0) is 80.3 Å². The minimum Gasteiger partial charge on any atom is -0.480 e. The second kappa shape index (κ2) is 11.8. The average Bonchev–Trinajstić information content (AvgIpc) is 3.58. The number of benzene rings is 1. The van der Waals surface area contributed by atoms with Crippen molar-refractivity contribution in [2.75, 3.05) is 31.5 Å². The fourth-order valence-electron chi connectivity index (χ4n) is 5.43. The Balaban J connectivity index is 1.10. The normalized spacial score (nSPS) is 18.0. The Bertz CT molecular complexity index is 1290. The summed E-state index contributed by atoms with van der Waals surface area (Å²) in [6.07, 6.45) is 9.39. The molecular weight excluding hydrogens is 480 g/mol. The van der Waals surface area contributed by atoms with Crippen molar-refractivity contribution in [1.29, 1.82) is 0 Å². The first-order valence-corrected chi connectivity index (χ1v) is 13.5. The zero-order valence-corrected chi connectivity index (χ0v) is 21.9. The monoisotopic (exact) mass is 516 g/mol. The zero-order valence-electron chi connectivity index (χ0n) is 21.9. The summed E-state index contributed by atoms with van der Waals surface area (Å²) in [6, 6.07) is 10.6. The molecule has 4 heterocycles. The van der Waals surface area contributed by atoms with Crippen LogP contribution in [0.4, 0.5) is 5.82 Å². The fourth-order valence-corrected chi connectivity index (χ4v) is 5.43. The van der Waals surface area contributed by atoms with Gasteiger partial charge in [-0.3, -0.25) is 9.48 Å². The highest BCUT2D eigenvalue weighted by atomic mass is 16.4. The van der Waals surface area contributed by atoms with Crippen molar-refractivity contribution in [3.05, 3.63) is 65.6 Å². The van der Waals surface area contributed by atoms with Gasteiger partial charge < -0.3 is 20.6 Å². The van der Waals surface area contributed by atoms with Crippen LogP contribution < -0.4 is 10.6 Å². The number of carboxylic acid groups (broad SMARTS) is 1. The number of likely N-dealkylation sites (tertiary alicyclic amines) is 1. The highest BCUT2D eigenvalue weighted by Gasteiger charge is 2.26. The molecule has 0 saturated carbocycles. The molecule has 2 atom stereocenters. The molecule has 0 radical (unpaired) electrons. The summed E-state index contributed by atoms with van der Waals surface area (Å²) in [4.78, 5) is 31.9. The molecule has 200 valence electrons. The predicted octanol–water partition coefficient (Wildman–Crippen LogP) is 3.37. The number of carbonyl (C=O) groups is 2. The number of aryl methyl sites for hydroxylation is 3. The molecule has 2 aliphatic rings. The van der Waals surface area contributed by atoms with E-state index in [9.17, 15) is 14.7 Å². The number of carboxylic acids is 1. The van der Waals surface area contributed by atoms with Gasteiger partial charge >= 0.3 is 5.97 Å². The van der Waals surface area contributed by atoms with E-state index in [1.807, 2.05) is 19.3 Å². The Hall–Kier alpha value is -3.72. The number of amides is 1. The summed E-state index contributed by atoms with van der Waals surface area (Å²) in [5, 5.41) is 20.1. The maximum atomic E-state index is 12.9. The van der Waals surface area contributed by atoms with Crippen LogP contribution in [-0.4, -0.2) is 68.9 Å². The number of hydrogen-bond acceptors (Lipinski definition) is 6. The molecule has 2 aliphatic heterocycles. The van der Waals surface area contributed by atoms with Gasteiger partial charge in [-0.2, -0.15) is 5.10 Å². The maximum absolute atomic E-state index is 12.9. The lowest BCUT2D eigenvalue weighted by Gasteiger charge is -2.20. The molecule has 2 unspecified atom stereocenters. The second-order valence-corrected chi connectivity index (χ2v) is 10.5. The van der Waals surface area contributed by atoms with Crippen LogP contribution in [0.1, 0.15) is 47.3 Å². The third kappa shape index (κ3) is 6.39. The molecule has 38 heavy (non-hydrogen) atoms. The van der Waals surface area contributed by atoms with E-state index in [0.29, 0.717) is 24.4 Å². The molecule has 0 bridgehead atoms. The van der Waals surface area contributed by atoms with E-state index in [2.05, 4.69) is 32.8 Å². The van der Waals surface area contributed by atoms with Gasteiger partial charge in [0.2, 0.25) is 0 Å². The molecule has 0 spiro atoms. The third-order valence-electron chi connectivity index (χ3n) is 7.63. The molecule has 1 saturated heterocycles. The summed E-state index contributed by atoms with van der Waals surface area (Å²) in [5.74, 6) is 0.236. The average molecular weight is 517 g/mol. The van der Waals surface area contributed by atoms with Crippen LogP contribution in [0.5, 0.6) is 0 Å². The zero-order chi connectivity index (χ0) is 26.5. The Labute approximate surface area is 223 Å². The quantitative estimate of drug-likeness (QED) is 0.379. The van der Waals surface area contributed by atoms with Crippen LogP contribution in [0, 0.1) is 5.92 Å². The summed E-state index contributed by atoms with van der Waals surface area (Å²) < 4.78 is 1.70. The highest BCUT2D eigenvalue weighted by Crippen LogP contribution is 2.24. The molecule has 0 aliphatic carbocycles. The van der Waals surface area contributed by atoms with Crippen molar-refractivity contribution in [2.24, 2.45) is 13.0 Å². The highest BCUT2D eigenvalue weighted by molar-refractivity contribution is 5.97. The number of nitrogens with zero attached hydrogens (tertiary/aromatic N) is 4. The van der Waals surface area contributed by atoms with Crippen LogP contribution in [0.3, 0.4) is 0 Å². The first-order chi connectivity index (χ1) is 18.4. The summed E-state index contributed by atoms with van der Waals surface area (Å²) in [5.41, 5.74) is 4.65. The Morgan fingerprint density at radius 2 is 2.13 bits per heavy atom. The molecule has 1 fully saturated rings. The van der Waals surface area contributed by atoms with Crippen molar-refractivity contribution in [1.82, 2.24) is 25.0 Å². The lowest BCUT2D eigenvalue weighted by atomic mass is 10.00. The van der Waals surface area contributed by atoms with Crippen molar-refractivity contribution in [3.8, 4) is 11.1 Å². The first-order valence-electron chi connectivity index (χ1n) is 13.5. The van der Waals surface area contributed by atoms with Gasteiger partial charge in [0.25, 0.3) is 5.91 Å². The molecule has 3 aromatic rings. The third-order valence-corrected chi connectivity index (χ3v) is 7.63. The van der Waals surface area contributed by atoms with Gasteiger partial charge in [0, 0.05) is 49.7 Å². The van der Waals surface area contributed by atoms with Crippen LogP contribution in [0.2, 0.25) is 0 Å². The molecule has 5 rings (SSSR count). The molecule has 3 N–H and O–H groups in total. The fraction of sp³-hybridized carbons (Fsp3) is 0.448. The minimum atomic E-state index is -1.01. The molecule has 9 nitrogen and oxygen atoms in total. The van der Waals surface area contributed by atoms with E-state index < -0.39 is 12.0 Å². The van der Waals surface area contributed by atoms with E-state index in [1.54, 1.807) is 29.1 Å². The van der Waals surface area contributed by atoms with E-state index in [1.165, 1.54) is 5.56 Å². The number of fused-ring (bicyclic) bond motifs is 1. The smallest absolute Gasteiger partial charge is 0.326 e. The Morgan fingerprint density at radius 1 is 1.24 bits per heavy atom. The predicted molar refractivity (Wildman–Crippen MR) is 146 cm³/mol. The minimum absolute atomic E-state index is 0.369. The lowest BCUT2D eigenvalue weighted by molar-refractivity contribution is -0.139. The Morgan fingerprint density at radius 3 is 2.95 bits per heavy atom. The molecule has 9 heteroatoms. The first kappa shape index (κ1) is 25.9. The van der Waals surface area contributed by atoms with Crippen molar-refractivity contribution < 1.29 is 14.7 Å². The molecular formula is C29H36N6O3. The number of aliphatic carboxylic acids is 1. The van der Waals surface area contributed by atoms with E-state index in [0.717, 1.165) is 74.4 Å². The van der Waals surface area contributed by atoms with Gasteiger partial charge in [-0.25, -0.2) is 9.78 Å². The van der Waals surface area contributed by atoms with Gasteiger partial charge in [0.15, 0.2) is 0 Å². The standard InChI is InChI=1S/C29H36N6O3/c1-34-19-24(17-31-34)22-4-2-5-23(16-22)28(36)33-26(29(37)38)12-15-35-14-11-20(18-35)7-9-25-10-8-21-6-3-13-30-27(21)32-25/h2,4-5,8,10,16-17,19-20,26H,3,6-7,9,11-15,18H2,1H3,(H,30,32)(H,33,36)(H,37,38). The van der Waals surface area contributed by atoms with Crippen molar-refractivity contribution in [2.45, 2.75) is 44.6 Å². The number of carbonyl (C=O) groups excluding carboxylic acids is 1. The van der Waals surface area contributed by atoms with Crippen LogP contribution in [-0.2, 0) is 24.7 Å². The summed E-state index contributed by atoms with van der Waals surface area (Å²) in [6.45, 7) is 3.55. The van der Waals surface area contributed by atoms with Gasteiger partial charge in [0.1, 0.15) is 11.9 Å². The van der Waals surface area contributed by atoms with Crippen LogP contribution in [0.25, 0.3) is 11.1 Å². The molecule has 1 amide bonds. The molecule has 2 aromatic heterocycles. The lowest BCUT2D eigenvalue weighted by Crippen LogP contribution is -2.43. The largest absolute Gasteiger partial charge is 0.480 e. The van der Waals surface area contributed by atoms with Crippen molar-refractivity contribution in [3.63, 3.8) is 0 Å². The molecule has 1 aromatic carbocycles. The Kier molecular flexibility index (Phi) is 8.03. The van der Waals surface area contributed by atoms with Gasteiger partial charge in [-0.15, -0.1) is 0 Å². The van der Waals surface area contributed by atoms with Crippen molar-refractivity contribution >= 4 is 17.7 Å². The number of nitrogens with one attached hydrogen (secondary N) is 2. The topological polar surface area (TPSA) is 112 Å². The van der Waals surface area contributed by atoms with E-state index >= 15 is 0 Å². The number of anilines is 1. The van der Waals surface area contributed by atoms with Crippen LogP contribution >= 0.6 is 0 Å². The maximum Gasteiger partial charge on any atom is 0.326 e. The van der Waals surface area contributed by atoms with Crippen LogP contribution in [0.15, 0.2) is 48.8 Å².